The van der Waals surface area contributed by atoms with Crippen molar-refractivity contribution in [2.24, 2.45) is 5.92 Å². The third-order valence-electron chi connectivity index (χ3n) is 2.98. The van der Waals surface area contributed by atoms with Crippen LogP contribution in [0.3, 0.4) is 0 Å². The summed E-state index contributed by atoms with van der Waals surface area (Å²) >= 11 is 5.75. The molecule has 16 heavy (non-hydrogen) atoms. The normalized spacial score (nSPS) is 13.1. The fourth-order valence-corrected chi connectivity index (χ4v) is 2.07. The van der Waals surface area contributed by atoms with E-state index in [0.29, 0.717) is 22.9 Å². The Bertz CT molecular complexity index is 316. The quantitative estimate of drug-likeness (QED) is 0.817. The molecule has 0 heterocycles. The van der Waals surface area contributed by atoms with E-state index >= 15 is 0 Å². The van der Waals surface area contributed by atoms with E-state index in [0.717, 1.165) is 12.8 Å². The van der Waals surface area contributed by atoms with Gasteiger partial charge >= 0.3 is 0 Å². The molecule has 1 aromatic carbocycles. The summed E-state index contributed by atoms with van der Waals surface area (Å²) in [6.07, 6.45) is 2.08. The molecular formula is C13H18ClFO. The van der Waals surface area contributed by atoms with E-state index in [2.05, 4.69) is 13.8 Å². The lowest BCUT2D eigenvalue weighted by atomic mass is 9.93. The summed E-state index contributed by atoms with van der Waals surface area (Å²) in [6, 6.07) is 4.21. The predicted octanol–water partition coefficient (Wildman–Crippen LogP) is 4.34. The van der Waals surface area contributed by atoms with Crippen molar-refractivity contribution in [1.29, 1.82) is 0 Å². The van der Waals surface area contributed by atoms with Gasteiger partial charge in [-0.25, -0.2) is 4.39 Å². The van der Waals surface area contributed by atoms with E-state index in [1.807, 2.05) is 0 Å². The molecule has 1 unspecified atom stereocenters. The van der Waals surface area contributed by atoms with Gasteiger partial charge in [0.05, 0.1) is 6.10 Å². The number of halogens is 2. The van der Waals surface area contributed by atoms with Crippen LogP contribution >= 0.6 is 11.6 Å². The number of hydrogen-bond donors (Lipinski definition) is 1. The first-order chi connectivity index (χ1) is 7.56. The van der Waals surface area contributed by atoms with Gasteiger partial charge in [-0.2, -0.15) is 0 Å². The first-order valence-electron chi connectivity index (χ1n) is 5.70. The molecule has 0 saturated carbocycles. The van der Waals surface area contributed by atoms with E-state index < -0.39 is 11.9 Å². The summed E-state index contributed by atoms with van der Waals surface area (Å²) in [7, 11) is 0. The van der Waals surface area contributed by atoms with Crippen molar-refractivity contribution in [1.82, 2.24) is 0 Å². The molecule has 1 nitrogen and oxygen atoms in total. The summed E-state index contributed by atoms with van der Waals surface area (Å²) in [5.41, 5.74) is 0.567. The molecule has 1 aromatic rings. The van der Waals surface area contributed by atoms with Gasteiger partial charge in [0.1, 0.15) is 5.82 Å². The highest BCUT2D eigenvalue weighted by Crippen LogP contribution is 2.27. The second kappa shape index (κ2) is 6.21. The summed E-state index contributed by atoms with van der Waals surface area (Å²) < 4.78 is 13.1. The summed E-state index contributed by atoms with van der Waals surface area (Å²) in [5.74, 6) is 0.0724. The molecule has 1 rings (SSSR count). The van der Waals surface area contributed by atoms with Crippen LogP contribution in [0.25, 0.3) is 0 Å². The third-order valence-corrected chi connectivity index (χ3v) is 3.20. The van der Waals surface area contributed by atoms with Crippen LogP contribution < -0.4 is 0 Å². The zero-order valence-corrected chi connectivity index (χ0v) is 10.5. The Balaban J connectivity index is 2.75. The second-order valence-electron chi connectivity index (χ2n) is 4.14. The summed E-state index contributed by atoms with van der Waals surface area (Å²) in [5, 5.41) is 10.3. The standard InChI is InChI=1S/C13H18ClFO/c1-3-9(4-2)5-13(16)10-6-11(14)8-12(15)7-10/h6-9,13,16H,3-5H2,1-2H3. The van der Waals surface area contributed by atoms with Crippen LogP contribution in [0.4, 0.5) is 4.39 Å². The molecule has 1 N–H and O–H groups in total. The first-order valence-corrected chi connectivity index (χ1v) is 6.08. The highest BCUT2D eigenvalue weighted by molar-refractivity contribution is 6.30. The van der Waals surface area contributed by atoms with E-state index in [9.17, 15) is 9.50 Å². The largest absolute Gasteiger partial charge is 0.388 e. The number of hydrogen-bond acceptors (Lipinski definition) is 1. The lowest BCUT2D eigenvalue weighted by molar-refractivity contribution is 0.141. The van der Waals surface area contributed by atoms with Gasteiger partial charge in [0.15, 0.2) is 0 Å². The Kier molecular flexibility index (Phi) is 5.23. The molecule has 0 aliphatic rings. The van der Waals surface area contributed by atoms with Crippen molar-refractivity contribution in [3.63, 3.8) is 0 Å². The average molecular weight is 245 g/mol. The third kappa shape index (κ3) is 3.76. The van der Waals surface area contributed by atoms with Gasteiger partial charge in [0, 0.05) is 5.02 Å². The Morgan fingerprint density at radius 3 is 2.38 bits per heavy atom. The van der Waals surface area contributed by atoms with Crippen LogP contribution in [0.1, 0.15) is 44.8 Å². The van der Waals surface area contributed by atoms with E-state index in [-0.39, 0.29) is 0 Å². The van der Waals surface area contributed by atoms with Gasteiger partial charge in [0.2, 0.25) is 0 Å². The Morgan fingerprint density at radius 1 is 1.25 bits per heavy atom. The second-order valence-corrected chi connectivity index (χ2v) is 4.57. The highest BCUT2D eigenvalue weighted by Gasteiger charge is 2.14. The number of aliphatic hydroxyl groups excluding tert-OH is 1. The maximum Gasteiger partial charge on any atom is 0.125 e. The Morgan fingerprint density at radius 2 is 1.88 bits per heavy atom. The van der Waals surface area contributed by atoms with Crippen LogP contribution in [-0.4, -0.2) is 5.11 Å². The molecule has 0 radical (unpaired) electrons. The average Bonchev–Trinajstić information content (AvgIpc) is 2.24. The van der Waals surface area contributed by atoms with Crippen molar-refractivity contribution in [2.45, 2.75) is 39.2 Å². The molecule has 0 aliphatic carbocycles. The van der Waals surface area contributed by atoms with Gasteiger partial charge in [0.25, 0.3) is 0 Å². The van der Waals surface area contributed by atoms with Crippen molar-refractivity contribution in [3.05, 3.63) is 34.6 Å². The fourth-order valence-electron chi connectivity index (χ4n) is 1.84. The molecule has 0 aliphatic heterocycles. The van der Waals surface area contributed by atoms with Crippen molar-refractivity contribution < 1.29 is 9.50 Å². The number of aliphatic hydroxyl groups is 1. The van der Waals surface area contributed by atoms with Crippen molar-refractivity contribution >= 4 is 11.6 Å². The van der Waals surface area contributed by atoms with Crippen LogP contribution in [0.15, 0.2) is 18.2 Å². The minimum atomic E-state index is -0.627. The maximum absolute atomic E-state index is 13.1. The first kappa shape index (κ1) is 13.5. The molecule has 0 saturated heterocycles. The minimum Gasteiger partial charge on any atom is -0.388 e. The van der Waals surface area contributed by atoms with E-state index in [1.54, 1.807) is 6.07 Å². The van der Waals surface area contributed by atoms with Crippen molar-refractivity contribution in [2.75, 3.05) is 0 Å². The molecular weight excluding hydrogens is 227 g/mol. The zero-order chi connectivity index (χ0) is 12.1. The topological polar surface area (TPSA) is 20.2 Å². The highest BCUT2D eigenvalue weighted by atomic mass is 35.5. The molecule has 3 heteroatoms. The van der Waals surface area contributed by atoms with Crippen LogP contribution in [0.5, 0.6) is 0 Å². The predicted molar refractivity (Wildman–Crippen MR) is 65.1 cm³/mol. The van der Waals surface area contributed by atoms with Crippen LogP contribution in [0.2, 0.25) is 5.02 Å². The lowest BCUT2D eigenvalue weighted by Crippen LogP contribution is -2.06. The van der Waals surface area contributed by atoms with Crippen molar-refractivity contribution in [3.8, 4) is 0 Å². The van der Waals surface area contributed by atoms with Gasteiger partial charge in [-0.15, -0.1) is 0 Å². The molecule has 0 amide bonds. The lowest BCUT2D eigenvalue weighted by Gasteiger charge is -2.17. The minimum absolute atomic E-state index is 0.332. The molecule has 0 fully saturated rings. The molecule has 0 bridgehead atoms. The number of benzene rings is 1. The van der Waals surface area contributed by atoms with E-state index in [4.69, 9.17) is 11.6 Å². The molecule has 1 atom stereocenters. The zero-order valence-electron chi connectivity index (χ0n) is 9.71. The number of rotatable bonds is 5. The smallest absolute Gasteiger partial charge is 0.125 e. The van der Waals surface area contributed by atoms with Gasteiger partial charge in [-0.3, -0.25) is 0 Å². The molecule has 0 spiro atoms. The Labute approximate surface area is 101 Å². The maximum atomic E-state index is 13.1. The van der Waals surface area contributed by atoms with E-state index in [1.165, 1.54) is 12.1 Å². The van der Waals surface area contributed by atoms with Gasteiger partial charge < -0.3 is 5.11 Å². The van der Waals surface area contributed by atoms with Gasteiger partial charge in [-0.1, -0.05) is 38.3 Å². The van der Waals surface area contributed by atoms with Gasteiger partial charge in [-0.05, 0) is 36.1 Å². The SMILES string of the molecule is CCC(CC)CC(O)c1cc(F)cc(Cl)c1. The molecule has 90 valence electrons. The Hall–Kier alpha value is -0.600. The monoisotopic (exact) mass is 244 g/mol. The van der Waals surface area contributed by atoms with Crippen LogP contribution in [-0.2, 0) is 0 Å². The summed E-state index contributed by atoms with van der Waals surface area (Å²) in [4.78, 5) is 0. The van der Waals surface area contributed by atoms with Crippen LogP contribution in [0, 0.1) is 11.7 Å². The molecule has 0 aromatic heterocycles. The summed E-state index contributed by atoms with van der Waals surface area (Å²) in [6.45, 7) is 4.19. The fraction of sp³-hybridized carbons (Fsp3) is 0.538.